The second-order valence-electron chi connectivity index (χ2n) is 2.47. The average Bonchev–Trinajstić information content (AvgIpc) is 2.00. The molecule has 0 aromatic rings. The topological polar surface area (TPSA) is 74.6 Å². The molecule has 0 aliphatic carbocycles. The van der Waals surface area contributed by atoms with E-state index in [-0.39, 0.29) is 22.8 Å². The van der Waals surface area contributed by atoms with Crippen molar-refractivity contribution >= 4 is 32.7 Å². The Morgan fingerprint density at radius 1 is 1.23 bits per heavy atom. The highest BCUT2D eigenvalue weighted by molar-refractivity contribution is 8.85. The third kappa shape index (κ3) is 9.55. The SMILES string of the molecule is C[SH](CCC(=O)O)SCCC(=O)O. The molecule has 4 nitrogen and oxygen atoms in total. The van der Waals surface area contributed by atoms with Crippen LogP contribution in [0.1, 0.15) is 12.8 Å². The molecule has 0 radical (unpaired) electrons. The molecular weight excluding hydrogens is 212 g/mol. The summed E-state index contributed by atoms with van der Waals surface area (Å²) in [6.45, 7) is 0. The first kappa shape index (κ1) is 12.6. The van der Waals surface area contributed by atoms with Gasteiger partial charge in [0, 0.05) is 5.75 Å². The molecule has 0 rings (SSSR count). The molecule has 0 bridgehead atoms. The summed E-state index contributed by atoms with van der Waals surface area (Å²) in [5.74, 6) is -0.339. The third-order valence-corrected chi connectivity index (χ3v) is 5.37. The zero-order chi connectivity index (χ0) is 10.3. The molecule has 0 aromatic carbocycles. The minimum Gasteiger partial charge on any atom is -0.481 e. The van der Waals surface area contributed by atoms with Gasteiger partial charge in [0.05, 0.1) is 12.8 Å². The smallest absolute Gasteiger partial charge is 0.304 e. The molecule has 0 fully saturated rings. The molecule has 0 aliphatic rings. The van der Waals surface area contributed by atoms with Gasteiger partial charge < -0.3 is 10.2 Å². The van der Waals surface area contributed by atoms with Crippen LogP contribution in [-0.2, 0) is 9.59 Å². The largest absolute Gasteiger partial charge is 0.481 e. The van der Waals surface area contributed by atoms with E-state index in [2.05, 4.69) is 0 Å². The van der Waals surface area contributed by atoms with E-state index in [0.717, 1.165) is 0 Å². The molecular formula is C7H14O4S2. The molecule has 13 heavy (non-hydrogen) atoms. The zero-order valence-electron chi connectivity index (χ0n) is 7.39. The summed E-state index contributed by atoms with van der Waals surface area (Å²) in [7, 11) is 1.20. The summed E-state index contributed by atoms with van der Waals surface area (Å²) < 4.78 is 0. The van der Waals surface area contributed by atoms with Gasteiger partial charge in [-0.2, -0.15) is 0 Å². The summed E-state index contributed by atoms with van der Waals surface area (Å²) in [5, 5.41) is 16.7. The van der Waals surface area contributed by atoms with Crippen LogP contribution < -0.4 is 0 Å². The van der Waals surface area contributed by atoms with E-state index in [4.69, 9.17) is 10.2 Å². The highest BCUT2D eigenvalue weighted by Gasteiger charge is 2.03. The summed E-state index contributed by atoms with van der Waals surface area (Å²) >= 11 is 0. The van der Waals surface area contributed by atoms with Crippen LogP contribution in [0.3, 0.4) is 0 Å². The monoisotopic (exact) mass is 226 g/mol. The highest BCUT2D eigenvalue weighted by Crippen LogP contribution is 2.37. The maximum atomic E-state index is 10.2. The van der Waals surface area contributed by atoms with Gasteiger partial charge in [-0.3, -0.25) is 9.59 Å². The molecule has 0 aliphatic heterocycles. The maximum absolute atomic E-state index is 10.2. The molecule has 0 aromatic heterocycles. The molecule has 0 amide bonds. The van der Waals surface area contributed by atoms with E-state index in [1.54, 1.807) is 10.8 Å². The van der Waals surface area contributed by atoms with E-state index >= 15 is 0 Å². The summed E-state index contributed by atoms with van der Waals surface area (Å²) in [5.41, 5.74) is 0. The second-order valence-corrected chi connectivity index (χ2v) is 7.49. The van der Waals surface area contributed by atoms with Crippen LogP contribution in [0.25, 0.3) is 0 Å². The predicted octanol–water partition coefficient (Wildman–Crippen LogP) is 1.22. The number of thiol groups is 1. The van der Waals surface area contributed by atoms with Gasteiger partial charge in [0.15, 0.2) is 0 Å². The number of hydrogen-bond acceptors (Lipinski definition) is 3. The molecule has 78 valence electrons. The van der Waals surface area contributed by atoms with Crippen molar-refractivity contribution in [2.45, 2.75) is 12.8 Å². The van der Waals surface area contributed by atoms with Gasteiger partial charge in [-0.05, 0) is 12.0 Å². The first-order chi connectivity index (χ1) is 6.02. The minimum absolute atomic E-state index is 0.157. The highest BCUT2D eigenvalue weighted by atomic mass is 33.1. The number of carboxylic acids is 2. The lowest BCUT2D eigenvalue weighted by molar-refractivity contribution is -0.137. The van der Waals surface area contributed by atoms with Crippen LogP contribution in [0, 0.1) is 0 Å². The van der Waals surface area contributed by atoms with E-state index < -0.39 is 11.9 Å². The quantitative estimate of drug-likeness (QED) is 0.449. The van der Waals surface area contributed by atoms with Crippen molar-refractivity contribution in [2.75, 3.05) is 17.8 Å². The van der Waals surface area contributed by atoms with Gasteiger partial charge in [-0.1, -0.05) is 0 Å². The van der Waals surface area contributed by atoms with Crippen LogP contribution >= 0.6 is 20.7 Å². The number of carboxylic acid groups (broad SMARTS) is 2. The Labute approximate surface area is 83.5 Å². The first-order valence-corrected chi connectivity index (χ1v) is 7.36. The van der Waals surface area contributed by atoms with Crippen molar-refractivity contribution in [1.82, 2.24) is 0 Å². The Morgan fingerprint density at radius 2 is 1.77 bits per heavy atom. The molecule has 0 saturated carbocycles. The maximum Gasteiger partial charge on any atom is 0.304 e. The Hall–Kier alpha value is -0.360. The standard InChI is InChI=1S/C7H14O4S2/c1-13(5-3-7(10)11)12-4-2-6(8)9/h13H,2-5H2,1H3,(H,8,9)(H,10,11). The van der Waals surface area contributed by atoms with Crippen LogP contribution in [0.2, 0.25) is 0 Å². The lowest BCUT2D eigenvalue weighted by Crippen LogP contribution is -1.99. The second kappa shape index (κ2) is 7.08. The summed E-state index contributed by atoms with van der Waals surface area (Å²) in [4.78, 5) is 20.3. The Kier molecular flexibility index (Phi) is 6.89. The fourth-order valence-corrected chi connectivity index (χ4v) is 3.69. The molecule has 1 atom stereocenters. The van der Waals surface area contributed by atoms with E-state index in [0.29, 0.717) is 11.5 Å². The van der Waals surface area contributed by atoms with Gasteiger partial charge in [0.2, 0.25) is 0 Å². The van der Waals surface area contributed by atoms with E-state index in [1.807, 2.05) is 6.26 Å². The number of rotatable bonds is 7. The van der Waals surface area contributed by atoms with Gasteiger partial charge in [0.25, 0.3) is 0 Å². The van der Waals surface area contributed by atoms with Crippen LogP contribution in [0.15, 0.2) is 0 Å². The van der Waals surface area contributed by atoms with E-state index in [9.17, 15) is 9.59 Å². The number of aliphatic carboxylic acids is 2. The molecule has 2 N–H and O–H groups in total. The van der Waals surface area contributed by atoms with Gasteiger partial charge >= 0.3 is 11.9 Å². The molecule has 6 heteroatoms. The van der Waals surface area contributed by atoms with Crippen LogP contribution in [0.4, 0.5) is 0 Å². The fourth-order valence-electron chi connectivity index (χ4n) is 0.606. The average molecular weight is 226 g/mol. The predicted molar refractivity (Wildman–Crippen MR) is 56.7 cm³/mol. The normalized spacial score (nSPS) is 13.8. The van der Waals surface area contributed by atoms with Gasteiger partial charge in [-0.15, -0.1) is 10.8 Å². The van der Waals surface area contributed by atoms with Gasteiger partial charge in [0.1, 0.15) is 0 Å². The molecule has 0 heterocycles. The Morgan fingerprint density at radius 3 is 2.23 bits per heavy atom. The van der Waals surface area contributed by atoms with Gasteiger partial charge in [-0.25, -0.2) is 9.93 Å². The van der Waals surface area contributed by atoms with E-state index in [1.165, 1.54) is 0 Å². The van der Waals surface area contributed by atoms with Crippen molar-refractivity contribution in [3.05, 3.63) is 0 Å². The summed E-state index contributed by atoms with van der Waals surface area (Å²) in [6.07, 6.45) is 2.32. The summed E-state index contributed by atoms with van der Waals surface area (Å²) in [6, 6.07) is 0. The van der Waals surface area contributed by atoms with Crippen LogP contribution in [-0.4, -0.2) is 39.9 Å². The molecule has 0 saturated heterocycles. The molecule has 0 spiro atoms. The lowest BCUT2D eigenvalue weighted by atomic mass is 10.5. The zero-order valence-corrected chi connectivity index (χ0v) is 9.11. The first-order valence-electron chi connectivity index (χ1n) is 3.80. The number of hydrogen-bond donors (Lipinski definition) is 3. The van der Waals surface area contributed by atoms with Crippen molar-refractivity contribution in [3.63, 3.8) is 0 Å². The Balaban J connectivity index is 3.35. The Bertz CT molecular complexity index is 183. The third-order valence-electron chi connectivity index (χ3n) is 1.27. The number of carbonyl (C=O) groups is 2. The lowest BCUT2D eigenvalue weighted by Gasteiger charge is -2.12. The minimum atomic E-state index is -0.797. The molecule has 1 unspecified atom stereocenters. The van der Waals surface area contributed by atoms with Crippen LogP contribution in [0.5, 0.6) is 0 Å². The van der Waals surface area contributed by atoms with Crippen molar-refractivity contribution in [3.8, 4) is 0 Å². The van der Waals surface area contributed by atoms with Crippen molar-refractivity contribution in [1.29, 1.82) is 0 Å². The van der Waals surface area contributed by atoms with Crippen molar-refractivity contribution < 1.29 is 19.8 Å². The van der Waals surface area contributed by atoms with Crippen molar-refractivity contribution in [2.24, 2.45) is 0 Å². The fraction of sp³-hybridized carbons (Fsp3) is 0.714.